The number of aliphatic imine (C=N–C) groups is 1. The second-order valence-electron chi connectivity index (χ2n) is 5.63. The monoisotopic (exact) mass is 485 g/mol. The molecule has 1 heterocycles. The van der Waals surface area contributed by atoms with Gasteiger partial charge in [0.2, 0.25) is 0 Å². The van der Waals surface area contributed by atoms with Crippen LogP contribution in [0.1, 0.15) is 24.3 Å². The number of thioether (sulfide) groups is 1. The van der Waals surface area contributed by atoms with Crippen molar-refractivity contribution in [3.63, 3.8) is 0 Å². The van der Waals surface area contributed by atoms with Crippen molar-refractivity contribution in [3.05, 3.63) is 72.7 Å². The van der Waals surface area contributed by atoms with E-state index in [0.29, 0.717) is 0 Å². The minimum atomic E-state index is 0. The third-order valence-corrected chi connectivity index (χ3v) is 4.58. The number of benzene rings is 1. The first-order valence-corrected chi connectivity index (χ1v) is 9.76. The van der Waals surface area contributed by atoms with Gasteiger partial charge in [-0.1, -0.05) is 36.4 Å². The third-order valence-electron chi connectivity index (χ3n) is 3.64. The van der Waals surface area contributed by atoms with E-state index in [4.69, 9.17) is 4.42 Å². The molecule has 2 rings (SSSR count). The molecule has 0 amide bonds. The molecule has 1 aromatic carbocycles. The lowest BCUT2D eigenvalue weighted by atomic mass is 10.1. The van der Waals surface area contributed by atoms with E-state index in [1.807, 2.05) is 36.0 Å². The van der Waals surface area contributed by atoms with Gasteiger partial charge in [-0.15, -0.1) is 30.6 Å². The maximum Gasteiger partial charge on any atom is 0.191 e. The lowest BCUT2D eigenvalue weighted by Gasteiger charge is -2.18. The van der Waals surface area contributed by atoms with Crippen LogP contribution in [0.5, 0.6) is 0 Å². The molecule has 1 unspecified atom stereocenters. The zero-order valence-electron chi connectivity index (χ0n) is 15.2. The molecule has 0 saturated carbocycles. The van der Waals surface area contributed by atoms with Gasteiger partial charge < -0.3 is 15.1 Å². The first kappa shape index (κ1) is 22.6. The maximum absolute atomic E-state index is 5.38. The number of rotatable bonds is 10. The summed E-state index contributed by atoms with van der Waals surface area (Å²) in [5.41, 5.74) is 1.24. The molecule has 0 spiro atoms. The quantitative estimate of drug-likeness (QED) is 0.169. The molecule has 6 heteroatoms. The normalized spacial score (nSPS) is 12.1. The van der Waals surface area contributed by atoms with E-state index in [1.165, 1.54) is 5.56 Å². The minimum Gasteiger partial charge on any atom is -0.469 e. The number of furan rings is 1. The van der Waals surface area contributed by atoms with E-state index in [1.54, 1.807) is 6.26 Å². The maximum atomic E-state index is 5.38. The number of hydrogen-bond acceptors (Lipinski definition) is 3. The minimum absolute atomic E-state index is 0. The fourth-order valence-corrected chi connectivity index (χ4v) is 2.88. The van der Waals surface area contributed by atoms with Gasteiger partial charge in [0, 0.05) is 24.5 Å². The van der Waals surface area contributed by atoms with Crippen molar-refractivity contribution in [2.45, 2.75) is 19.4 Å². The average molecular weight is 485 g/mol. The van der Waals surface area contributed by atoms with Crippen molar-refractivity contribution in [2.24, 2.45) is 4.99 Å². The number of halogens is 1. The number of nitrogens with zero attached hydrogens (tertiary/aromatic N) is 1. The zero-order valence-corrected chi connectivity index (χ0v) is 18.3. The van der Waals surface area contributed by atoms with Gasteiger partial charge in [0.15, 0.2) is 5.96 Å². The van der Waals surface area contributed by atoms with Gasteiger partial charge in [-0.25, -0.2) is 0 Å². The fourth-order valence-electron chi connectivity index (χ4n) is 2.33. The van der Waals surface area contributed by atoms with Crippen molar-refractivity contribution in [1.29, 1.82) is 0 Å². The van der Waals surface area contributed by atoms with E-state index in [2.05, 4.69) is 53.4 Å². The van der Waals surface area contributed by atoms with Crippen LogP contribution in [-0.4, -0.2) is 30.6 Å². The number of nitrogens with one attached hydrogen (secondary N) is 2. The molecule has 0 bridgehead atoms. The molecule has 0 radical (unpaired) electrons. The number of guanidine groups is 1. The molecule has 0 aliphatic carbocycles. The van der Waals surface area contributed by atoms with Crippen LogP contribution in [0.15, 0.2) is 70.8 Å². The van der Waals surface area contributed by atoms with Crippen LogP contribution in [0.4, 0.5) is 0 Å². The van der Waals surface area contributed by atoms with Gasteiger partial charge in [-0.05, 0) is 24.6 Å². The molecular weight excluding hydrogens is 457 g/mol. The van der Waals surface area contributed by atoms with Crippen LogP contribution >= 0.6 is 35.7 Å². The van der Waals surface area contributed by atoms with Gasteiger partial charge in [0.1, 0.15) is 5.76 Å². The highest BCUT2D eigenvalue weighted by Gasteiger charge is 2.07. The lowest BCUT2D eigenvalue weighted by Crippen LogP contribution is -2.40. The Labute approximate surface area is 178 Å². The Bertz CT molecular complexity index is 632. The highest BCUT2D eigenvalue weighted by molar-refractivity contribution is 14.0. The van der Waals surface area contributed by atoms with E-state index in [9.17, 15) is 0 Å². The summed E-state index contributed by atoms with van der Waals surface area (Å²) in [6.07, 6.45) is 4.46. The first-order valence-electron chi connectivity index (χ1n) is 8.60. The Hall–Kier alpha value is -1.41. The summed E-state index contributed by atoms with van der Waals surface area (Å²) in [7, 11) is 0. The van der Waals surface area contributed by atoms with Crippen LogP contribution in [-0.2, 0) is 6.42 Å². The highest BCUT2D eigenvalue weighted by Crippen LogP contribution is 2.10. The summed E-state index contributed by atoms with van der Waals surface area (Å²) in [5.74, 6) is 3.76. The SMILES string of the molecule is C=CCSCCN=C(NCCc1ccco1)NC(C)c1ccccc1.I. The van der Waals surface area contributed by atoms with Crippen molar-refractivity contribution in [3.8, 4) is 0 Å². The molecule has 0 fully saturated rings. The van der Waals surface area contributed by atoms with Gasteiger partial charge in [-0.3, -0.25) is 4.99 Å². The summed E-state index contributed by atoms with van der Waals surface area (Å²) in [4.78, 5) is 4.69. The summed E-state index contributed by atoms with van der Waals surface area (Å²) in [5, 5.41) is 6.88. The zero-order chi connectivity index (χ0) is 17.7. The smallest absolute Gasteiger partial charge is 0.191 e. The van der Waals surface area contributed by atoms with Crippen LogP contribution in [0.25, 0.3) is 0 Å². The van der Waals surface area contributed by atoms with Crippen LogP contribution in [0.2, 0.25) is 0 Å². The molecule has 0 aliphatic heterocycles. The van der Waals surface area contributed by atoms with Crippen LogP contribution < -0.4 is 10.6 Å². The topological polar surface area (TPSA) is 49.6 Å². The van der Waals surface area contributed by atoms with Gasteiger partial charge in [0.25, 0.3) is 0 Å². The molecule has 2 N–H and O–H groups in total. The predicted molar refractivity (Wildman–Crippen MR) is 124 cm³/mol. The molecule has 0 saturated heterocycles. The Morgan fingerprint density at radius 1 is 1.27 bits per heavy atom. The summed E-state index contributed by atoms with van der Waals surface area (Å²) in [6.45, 7) is 7.44. The van der Waals surface area contributed by atoms with Crippen molar-refractivity contribution in [2.75, 3.05) is 24.6 Å². The lowest BCUT2D eigenvalue weighted by molar-refractivity contribution is 0.506. The Morgan fingerprint density at radius 2 is 2.08 bits per heavy atom. The Balaban J connectivity index is 0.00000338. The Morgan fingerprint density at radius 3 is 2.77 bits per heavy atom. The average Bonchev–Trinajstić information content (AvgIpc) is 3.15. The molecule has 1 atom stereocenters. The first-order chi connectivity index (χ1) is 12.3. The Kier molecular flexibility index (Phi) is 12.0. The second-order valence-corrected chi connectivity index (χ2v) is 6.78. The molecule has 1 aromatic heterocycles. The van der Waals surface area contributed by atoms with Crippen LogP contribution in [0, 0.1) is 0 Å². The summed E-state index contributed by atoms with van der Waals surface area (Å²) < 4.78 is 5.38. The fraction of sp³-hybridized carbons (Fsp3) is 0.350. The van der Waals surface area contributed by atoms with E-state index in [0.717, 1.165) is 42.7 Å². The molecule has 4 nitrogen and oxygen atoms in total. The van der Waals surface area contributed by atoms with Gasteiger partial charge in [-0.2, -0.15) is 11.8 Å². The van der Waals surface area contributed by atoms with Crippen molar-refractivity contribution in [1.82, 2.24) is 10.6 Å². The third kappa shape index (κ3) is 8.80. The molecule has 0 aliphatic rings. The van der Waals surface area contributed by atoms with Gasteiger partial charge in [0.05, 0.1) is 18.8 Å². The molecule has 26 heavy (non-hydrogen) atoms. The molecule has 2 aromatic rings. The highest BCUT2D eigenvalue weighted by atomic mass is 127. The van der Waals surface area contributed by atoms with E-state index in [-0.39, 0.29) is 30.0 Å². The predicted octanol–water partition coefficient (Wildman–Crippen LogP) is 4.66. The molecule has 142 valence electrons. The van der Waals surface area contributed by atoms with Crippen LogP contribution in [0.3, 0.4) is 0 Å². The second kappa shape index (κ2) is 13.7. The standard InChI is InChI=1S/C20H27N3OS.HI/c1-3-15-25-16-13-22-20(21-12-11-19-10-7-14-24-19)23-17(2)18-8-5-4-6-9-18;/h3-10,14,17H,1,11-13,15-16H2,2H3,(H2,21,22,23);1H. The van der Waals surface area contributed by atoms with Crippen molar-refractivity contribution < 1.29 is 4.42 Å². The van der Waals surface area contributed by atoms with Gasteiger partial charge >= 0.3 is 0 Å². The van der Waals surface area contributed by atoms with E-state index >= 15 is 0 Å². The summed E-state index contributed by atoms with van der Waals surface area (Å²) in [6, 6.07) is 14.5. The van der Waals surface area contributed by atoms with E-state index < -0.39 is 0 Å². The van der Waals surface area contributed by atoms with Crippen molar-refractivity contribution >= 4 is 41.7 Å². The summed E-state index contributed by atoms with van der Waals surface area (Å²) >= 11 is 1.84. The molecular formula is C20H28IN3OS. The largest absolute Gasteiger partial charge is 0.469 e. The number of hydrogen-bond donors (Lipinski definition) is 2.